The molecule has 0 spiro atoms. The van der Waals surface area contributed by atoms with Crippen molar-refractivity contribution >= 4 is 11.8 Å². The lowest BCUT2D eigenvalue weighted by Crippen LogP contribution is -2.24. The van der Waals surface area contributed by atoms with Crippen molar-refractivity contribution < 1.29 is 0 Å². The van der Waals surface area contributed by atoms with E-state index in [2.05, 4.69) is 52.6 Å². The normalized spacial score (nSPS) is 11.3. The minimum atomic E-state index is 0.898. The minimum absolute atomic E-state index is 0.898. The monoisotopic (exact) mass is 318 g/mol. The average Bonchev–Trinajstić information content (AvgIpc) is 2.98. The lowest BCUT2D eigenvalue weighted by atomic mass is 10.2. The standard InChI is InChI=1S/C17H26N4S/c1-4-20(5-2)13-10-14-22-17-19-18-16(21(17)6-3)15-11-8-7-9-12-15/h7-9,11-12H,4-6,10,13-14H2,1-3H3. The van der Waals surface area contributed by atoms with Crippen molar-refractivity contribution in [3.63, 3.8) is 0 Å². The van der Waals surface area contributed by atoms with Gasteiger partial charge < -0.3 is 9.47 Å². The molecule has 0 saturated carbocycles. The van der Waals surface area contributed by atoms with Gasteiger partial charge in [-0.05, 0) is 33.0 Å². The largest absolute Gasteiger partial charge is 0.304 e. The molecule has 0 bridgehead atoms. The predicted octanol–water partition coefficient (Wildman–Crippen LogP) is 3.79. The second-order valence-electron chi connectivity index (χ2n) is 5.15. The number of hydrogen-bond donors (Lipinski definition) is 0. The van der Waals surface area contributed by atoms with Gasteiger partial charge in [0.15, 0.2) is 11.0 Å². The molecule has 0 aliphatic heterocycles. The highest BCUT2D eigenvalue weighted by Crippen LogP contribution is 2.24. The number of thioether (sulfide) groups is 1. The van der Waals surface area contributed by atoms with E-state index in [9.17, 15) is 0 Å². The summed E-state index contributed by atoms with van der Waals surface area (Å²) in [6.45, 7) is 10.9. The molecule has 0 fully saturated rings. The Labute approximate surface area is 137 Å². The van der Waals surface area contributed by atoms with Crippen LogP contribution in [0.5, 0.6) is 0 Å². The molecule has 5 heteroatoms. The summed E-state index contributed by atoms with van der Waals surface area (Å²) < 4.78 is 2.21. The summed E-state index contributed by atoms with van der Waals surface area (Å²) in [4.78, 5) is 2.46. The van der Waals surface area contributed by atoms with Gasteiger partial charge in [-0.3, -0.25) is 0 Å². The van der Waals surface area contributed by atoms with Crippen molar-refractivity contribution in [2.45, 2.75) is 38.9 Å². The van der Waals surface area contributed by atoms with Crippen LogP contribution in [0.15, 0.2) is 35.5 Å². The molecule has 0 atom stereocenters. The Morgan fingerprint density at radius 3 is 2.41 bits per heavy atom. The summed E-state index contributed by atoms with van der Waals surface area (Å²) in [5.41, 5.74) is 1.13. The first-order valence-electron chi connectivity index (χ1n) is 8.13. The molecule has 0 saturated heterocycles. The summed E-state index contributed by atoms with van der Waals surface area (Å²) in [6, 6.07) is 10.3. The van der Waals surface area contributed by atoms with E-state index in [0.29, 0.717) is 0 Å². The molecule has 4 nitrogen and oxygen atoms in total. The van der Waals surface area contributed by atoms with E-state index in [1.54, 1.807) is 0 Å². The molecule has 0 aliphatic carbocycles. The van der Waals surface area contributed by atoms with Crippen LogP contribution in [-0.2, 0) is 6.54 Å². The molecule has 1 heterocycles. The van der Waals surface area contributed by atoms with Gasteiger partial charge in [0.05, 0.1) is 0 Å². The third-order valence-corrected chi connectivity index (χ3v) is 4.86. The fraction of sp³-hybridized carbons (Fsp3) is 0.529. The number of benzene rings is 1. The van der Waals surface area contributed by atoms with Crippen LogP contribution in [0.25, 0.3) is 11.4 Å². The summed E-state index contributed by atoms with van der Waals surface area (Å²) in [6.07, 6.45) is 1.18. The fourth-order valence-electron chi connectivity index (χ4n) is 2.47. The number of nitrogens with zero attached hydrogens (tertiary/aromatic N) is 4. The number of rotatable bonds is 9. The SMILES string of the molecule is CCN(CC)CCCSc1nnc(-c2ccccc2)n1CC. The third-order valence-electron chi connectivity index (χ3n) is 3.81. The Kier molecular flexibility index (Phi) is 6.93. The van der Waals surface area contributed by atoms with Crippen molar-refractivity contribution in [1.29, 1.82) is 0 Å². The summed E-state index contributed by atoms with van der Waals surface area (Å²) in [7, 11) is 0. The Morgan fingerprint density at radius 1 is 1.05 bits per heavy atom. The molecule has 2 rings (SSSR count). The molecule has 22 heavy (non-hydrogen) atoms. The molecule has 0 unspecified atom stereocenters. The van der Waals surface area contributed by atoms with Gasteiger partial charge in [0.1, 0.15) is 0 Å². The Balaban J connectivity index is 1.96. The van der Waals surface area contributed by atoms with Crippen molar-refractivity contribution in [3.05, 3.63) is 30.3 Å². The first kappa shape index (κ1) is 17.0. The van der Waals surface area contributed by atoms with Gasteiger partial charge in [-0.25, -0.2) is 0 Å². The van der Waals surface area contributed by atoms with Gasteiger partial charge in [0, 0.05) is 17.9 Å². The highest BCUT2D eigenvalue weighted by Gasteiger charge is 2.12. The Hall–Kier alpha value is -1.33. The zero-order chi connectivity index (χ0) is 15.8. The van der Waals surface area contributed by atoms with Crippen LogP contribution in [0, 0.1) is 0 Å². The maximum absolute atomic E-state index is 4.39. The van der Waals surface area contributed by atoms with Gasteiger partial charge in [-0.2, -0.15) is 0 Å². The summed E-state index contributed by atoms with van der Waals surface area (Å²) in [5, 5.41) is 9.80. The van der Waals surface area contributed by atoms with E-state index in [0.717, 1.165) is 48.5 Å². The zero-order valence-electron chi connectivity index (χ0n) is 13.8. The lowest BCUT2D eigenvalue weighted by Gasteiger charge is -2.17. The van der Waals surface area contributed by atoms with Crippen LogP contribution in [-0.4, -0.2) is 45.1 Å². The maximum atomic E-state index is 4.39. The minimum Gasteiger partial charge on any atom is -0.304 e. The lowest BCUT2D eigenvalue weighted by molar-refractivity contribution is 0.305. The molecule has 120 valence electrons. The number of aromatic nitrogens is 3. The van der Waals surface area contributed by atoms with Crippen LogP contribution < -0.4 is 0 Å². The molecular formula is C17H26N4S. The van der Waals surface area contributed by atoms with Gasteiger partial charge in [-0.1, -0.05) is 55.9 Å². The smallest absolute Gasteiger partial charge is 0.191 e. The molecule has 0 aliphatic rings. The van der Waals surface area contributed by atoms with Crippen molar-refractivity contribution in [3.8, 4) is 11.4 Å². The van der Waals surface area contributed by atoms with Crippen LogP contribution in [0.4, 0.5) is 0 Å². The van der Waals surface area contributed by atoms with Crippen molar-refractivity contribution in [1.82, 2.24) is 19.7 Å². The van der Waals surface area contributed by atoms with E-state index in [1.165, 1.54) is 6.42 Å². The van der Waals surface area contributed by atoms with E-state index in [4.69, 9.17) is 0 Å². The van der Waals surface area contributed by atoms with Gasteiger partial charge in [0.25, 0.3) is 0 Å². The second-order valence-corrected chi connectivity index (χ2v) is 6.21. The van der Waals surface area contributed by atoms with Crippen LogP contribution >= 0.6 is 11.8 Å². The van der Waals surface area contributed by atoms with Gasteiger partial charge in [0.2, 0.25) is 0 Å². The fourth-order valence-corrected chi connectivity index (χ4v) is 3.40. The second kappa shape index (κ2) is 8.96. The molecule has 0 N–H and O–H groups in total. The van der Waals surface area contributed by atoms with E-state index in [-0.39, 0.29) is 0 Å². The van der Waals surface area contributed by atoms with Crippen LogP contribution in [0.1, 0.15) is 27.2 Å². The Morgan fingerprint density at radius 2 is 1.77 bits per heavy atom. The van der Waals surface area contributed by atoms with Gasteiger partial charge >= 0.3 is 0 Å². The number of hydrogen-bond acceptors (Lipinski definition) is 4. The highest BCUT2D eigenvalue weighted by atomic mass is 32.2. The van der Waals surface area contributed by atoms with Crippen LogP contribution in [0.3, 0.4) is 0 Å². The highest BCUT2D eigenvalue weighted by molar-refractivity contribution is 7.99. The topological polar surface area (TPSA) is 34.0 Å². The first-order valence-corrected chi connectivity index (χ1v) is 9.12. The first-order chi connectivity index (χ1) is 10.8. The Bertz CT molecular complexity index is 549. The molecular weight excluding hydrogens is 292 g/mol. The average molecular weight is 318 g/mol. The third kappa shape index (κ3) is 4.34. The van der Waals surface area contributed by atoms with E-state index < -0.39 is 0 Å². The zero-order valence-corrected chi connectivity index (χ0v) is 14.6. The molecule has 2 aromatic rings. The summed E-state index contributed by atoms with van der Waals surface area (Å²) in [5.74, 6) is 2.05. The van der Waals surface area contributed by atoms with Crippen molar-refractivity contribution in [2.75, 3.05) is 25.4 Å². The molecule has 1 aromatic carbocycles. The quantitative estimate of drug-likeness (QED) is 0.520. The van der Waals surface area contributed by atoms with Gasteiger partial charge in [-0.15, -0.1) is 10.2 Å². The summed E-state index contributed by atoms with van der Waals surface area (Å²) >= 11 is 1.81. The maximum Gasteiger partial charge on any atom is 0.191 e. The molecule has 0 radical (unpaired) electrons. The van der Waals surface area contributed by atoms with E-state index in [1.807, 2.05) is 30.0 Å². The molecule has 0 amide bonds. The van der Waals surface area contributed by atoms with E-state index >= 15 is 0 Å². The van der Waals surface area contributed by atoms with Crippen LogP contribution in [0.2, 0.25) is 0 Å². The van der Waals surface area contributed by atoms with Crippen molar-refractivity contribution in [2.24, 2.45) is 0 Å². The predicted molar refractivity (Wildman–Crippen MR) is 94.3 cm³/mol. The molecule has 1 aromatic heterocycles.